The number of hydrogen-bond acceptors (Lipinski definition) is 2. The van der Waals surface area contributed by atoms with Crippen LogP contribution in [0.3, 0.4) is 0 Å². The lowest BCUT2D eigenvalue weighted by atomic mass is 10.0. The zero-order valence-corrected chi connectivity index (χ0v) is 9.37. The van der Waals surface area contributed by atoms with Gasteiger partial charge in [0.15, 0.2) is 0 Å². The van der Waals surface area contributed by atoms with E-state index in [0.29, 0.717) is 6.42 Å². The average Bonchev–Trinajstić information content (AvgIpc) is 2.28. The first kappa shape index (κ1) is 11.7. The molecule has 0 aliphatic heterocycles. The van der Waals surface area contributed by atoms with Gasteiger partial charge >= 0.3 is 0 Å². The lowest BCUT2D eigenvalue weighted by Gasteiger charge is -2.06. The number of nitrogens with zero attached hydrogens (tertiary/aromatic N) is 2. The first-order valence-corrected chi connectivity index (χ1v) is 5.68. The zero-order chi connectivity index (χ0) is 10.9. The van der Waals surface area contributed by atoms with Crippen molar-refractivity contribution in [2.75, 3.05) is 0 Å². The maximum atomic E-state index is 8.55. The van der Waals surface area contributed by atoms with Crippen molar-refractivity contribution in [2.24, 2.45) is 0 Å². The second-order valence-corrected chi connectivity index (χ2v) is 3.72. The number of nitriles is 1. The van der Waals surface area contributed by atoms with E-state index in [2.05, 4.69) is 24.0 Å². The fraction of sp³-hybridized carbons (Fsp3) is 0.538. The summed E-state index contributed by atoms with van der Waals surface area (Å²) in [6.45, 7) is 2.21. The SMILES string of the molecule is CCCCCc1cccnc1CCC#N. The van der Waals surface area contributed by atoms with E-state index in [1.807, 2.05) is 12.3 Å². The molecule has 0 atom stereocenters. The Hall–Kier alpha value is -1.36. The molecule has 0 aliphatic rings. The minimum absolute atomic E-state index is 0.567. The second kappa shape index (κ2) is 7.00. The molecule has 0 aliphatic carbocycles. The van der Waals surface area contributed by atoms with Crippen LogP contribution in [-0.4, -0.2) is 4.98 Å². The number of pyridine rings is 1. The minimum atomic E-state index is 0.567. The van der Waals surface area contributed by atoms with Crippen LogP contribution in [0.25, 0.3) is 0 Å². The third-order valence-corrected chi connectivity index (χ3v) is 2.51. The molecular formula is C13H18N2. The summed E-state index contributed by atoms with van der Waals surface area (Å²) in [7, 11) is 0. The lowest BCUT2D eigenvalue weighted by molar-refractivity contribution is 0.709. The molecule has 0 fully saturated rings. The summed E-state index contributed by atoms with van der Waals surface area (Å²) in [6.07, 6.45) is 8.01. The molecule has 0 saturated heterocycles. The summed E-state index contributed by atoms with van der Waals surface area (Å²) >= 11 is 0. The Morgan fingerprint density at radius 2 is 2.20 bits per heavy atom. The van der Waals surface area contributed by atoms with Gasteiger partial charge in [-0.25, -0.2) is 0 Å². The van der Waals surface area contributed by atoms with E-state index in [9.17, 15) is 0 Å². The molecule has 0 unspecified atom stereocenters. The van der Waals surface area contributed by atoms with E-state index in [1.54, 1.807) is 0 Å². The van der Waals surface area contributed by atoms with E-state index in [1.165, 1.54) is 24.8 Å². The van der Waals surface area contributed by atoms with E-state index >= 15 is 0 Å². The van der Waals surface area contributed by atoms with Crippen LogP contribution in [0.1, 0.15) is 43.9 Å². The topological polar surface area (TPSA) is 36.7 Å². The van der Waals surface area contributed by atoms with Gasteiger partial charge in [0.05, 0.1) is 6.07 Å². The summed E-state index contributed by atoms with van der Waals surface area (Å²) in [4.78, 5) is 4.34. The van der Waals surface area contributed by atoms with Crippen molar-refractivity contribution in [3.05, 3.63) is 29.6 Å². The highest BCUT2D eigenvalue weighted by atomic mass is 14.7. The van der Waals surface area contributed by atoms with Crippen molar-refractivity contribution in [3.8, 4) is 6.07 Å². The molecule has 0 N–H and O–H groups in total. The molecule has 2 heteroatoms. The fourth-order valence-corrected chi connectivity index (χ4v) is 1.66. The molecule has 2 nitrogen and oxygen atoms in total. The van der Waals surface area contributed by atoms with E-state index in [0.717, 1.165) is 18.5 Å². The van der Waals surface area contributed by atoms with Crippen molar-refractivity contribution in [3.63, 3.8) is 0 Å². The van der Waals surface area contributed by atoms with Crippen molar-refractivity contribution in [1.29, 1.82) is 5.26 Å². The third-order valence-electron chi connectivity index (χ3n) is 2.51. The minimum Gasteiger partial charge on any atom is -0.261 e. The standard InChI is InChI=1S/C13H18N2/c1-2-3-4-7-12-8-6-11-15-13(12)9-5-10-14/h6,8,11H,2-5,7,9H2,1H3. The summed E-state index contributed by atoms with van der Waals surface area (Å²) in [6, 6.07) is 6.29. The van der Waals surface area contributed by atoms with Gasteiger partial charge in [-0.05, 0) is 24.5 Å². The third kappa shape index (κ3) is 4.12. The Labute approximate surface area is 92.0 Å². The van der Waals surface area contributed by atoms with Gasteiger partial charge in [-0.3, -0.25) is 4.98 Å². The van der Waals surface area contributed by atoms with E-state index < -0.39 is 0 Å². The highest BCUT2D eigenvalue weighted by molar-refractivity contribution is 5.20. The summed E-state index contributed by atoms with van der Waals surface area (Å²) in [5.74, 6) is 0. The summed E-state index contributed by atoms with van der Waals surface area (Å²) in [5.41, 5.74) is 2.43. The molecule has 0 saturated carbocycles. The Bertz CT molecular complexity index is 326. The first-order chi connectivity index (χ1) is 7.38. The predicted octanol–water partition coefficient (Wildman–Crippen LogP) is 3.27. The van der Waals surface area contributed by atoms with Gasteiger partial charge < -0.3 is 0 Å². The highest BCUT2D eigenvalue weighted by Gasteiger charge is 2.02. The van der Waals surface area contributed by atoms with Crippen LogP contribution in [0.5, 0.6) is 0 Å². The summed E-state index contributed by atoms with van der Waals surface area (Å²) in [5, 5.41) is 8.55. The number of aryl methyl sites for hydroxylation is 2. The van der Waals surface area contributed by atoms with Crippen molar-refractivity contribution < 1.29 is 0 Å². The molecule has 0 bridgehead atoms. The molecule has 0 aromatic carbocycles. The number of hydrogen-bond donors (Lipinski definition) is 0. The Morgan fingerprint density at radius 1 is 1.33 bits per heavy atom. The van der Waals surface area contributed by atoms with Crippen LogP contribution in [0, 0.1) is 11.3 Å². The molecular weight excluding hydrogens is 184 g/mol. The summed E-state index contributed by atoms with van der Waals surface area (Å²) < 4.78 is 0. The Kier molecular flexibility index (Phi) is 5.47. The number of unbranched alkanes of at least 4 members (excludes halogenated alkanes) is 2. The van der Waals surface area contributed by atoms with Crippen LogP contribution in [-0.2, 0) is 12.8 Å². The number of aromatic nitrogens is 1. The van der Waals surface area contributed by atoms with Gasteiger partial charge in [-0.1, -0.05) is 25.8 Å². The maximum Gasteiger partial charge on any atom is 0.0625 e. The molecule has 80 valence electrons. The average molecular weight is 202 g/mol. The second-order valence-electron chi connectivity index (χ2n) is 3.72. The molecule has 0 amide bonds. The molecule has 0 spiro atoms. The Balaban J connectivity index is 2.56. The van der Waals surface area contributed by atoms with Crippen LogP contribution in [0.4, 0.5) is 0 Å². The van der Waals surface area contributed by atoms with Gasteiger partial charge in [0.25, 0.3) is 0 Å². The van der Waals surface area contributed by atoms with Crippen molar-refractivity contribution >= 4 is 0 Å². The van der Waals surface area contributed by atoms with Gasteiger partial charge in [0, 0.05) is 24.7 Å². The lowest BCUT2D eigenvalue weighted by Crippen LogP contribution is -1.97. The van der Waals surface area contributed by atoms with Crippen molar-refractivity contribution in [2.45, 2.75) is 45.4 Å². The largest absolute Gasteiger partial charge is 0.261 e. The zero-order valence-electron chi connectivity index (χ0n) is 9.37. The van der Waals surface area contributed by atoms with Gasteiger partial charge in [0.2, 0.25) is 0 Å². The highest BCUT2D eigenvalue weighted by Crippen LogP contribution is 2.11. The molecule has 15 heavy (non-hydrogen) atoms. The molecule has 1 aromatic heterocycles. The van der Waals surface area contributed by atoms with Gasteiger partial charge in [-0.15, -0.1) is 0 Å². The Morgan fingerprint density at radius 3 is 2.93 bits per heavy atom. The maximum absolute atomic E-state index is 8.55. The predicted molar refractivity (Wildman–Crippen MR) is 61.4 cm³/mol. The normalized spacial score (nSPS) is 9.87. The van der Waals surface area contributed by atoms with Crippen LogP contribution >= 0.6 is 0 Å². The quantitative estimate of drug-likeness (QED) is 0.664. The molecule has 1 heterocycles. The smallest absolute Gasteiger partial charge is 0.0625 e. The van der Waals surface area contributed by atoms with E-state index in [-0.39, 0.29) is 0 Å². The van der Waals surface area contributed by atoms with Crippen LogP contribution in [0.15, 0.2) is 18.3 Å². The van der Waals surface area contributed by atoms with E-state index in [4.69, 9.17) is 5.26 Å². The van der Waals surface area contributed by atoms with Gasteiger partial charge in [-0.2, -0.15) is 5.26 Å². The van der Waals surface area contributed by atoms with Crippen LogP contribution in [0.2, 0.25) is 0 Å². The van der Waals surface area contributed by atoms with Crippen molar-refractivity contribution in [1.82, 2.24) is 4.98 Å². The fourth-order valence-electron chi connectivity index (χ4n) is 1.66. The monoisotopic (exact) mass is 202 g/mol. The number of rotatable bonds is 6. The van der Waals surface area contributed by atoms with Gasteiger partial charge in [0.1, 0.15) is 0 Å². The molecule has 0 radical (unpaired) electrons. The molecule has 1 rings (SSSR count). The first-order valence-electron chi connectivity index (χ1n) is 5.68. The molecule has 1 aromatic rings. The van der Waals surface area contributed by atoms with Crippen LogP contribution < -0.4 is 0 Å².